The molecule has 3 heterocycles. The number of methoxy groups -OCH3 is 1. The molecule has 0 radical (unpaired) electrons. The van der Waals surface area contributed by atoms with E-state index in [2.05, 4.69) is 50.7 Å². The SMILES string of the molecule is COc1cc(C(=O)NC23CC2(C(=O)N2CCC4(CC2)CN(Cc2ccccc2)C4)C3)n[nH]1. The molecule has 1 spiro atoms. The number of ether oxygens (including phenoxy) is 1. The van der Waals surface area contributed by atoms with E-state index in [4.69, 9.17) is 4.74 Å². The number of fused-ring (bicyclic) bond motifs is 1. The number of hydrogen-bond donors (Lipinski definition) is 2. The van der Waals surface area contributed by atoms with Gasteiger partial charge < -0.3 is 15.0 Å². The van der Waals surface area contributed by atoms with Crippen LogP contribution in [0.25, 0.3) is 0 Å². The van der Waals surface area contributed by atoms with Gasteiger partial charge in [-0.1, -0.05) is 30.3 Å². The van der Waals surface area contributed by atoms with Crippen LogP contribution >= 0.6 is 0 Å². The number of nitrogens with one attached hydrogen (secondary N) is 2. The molecule has 8 nitrogen and oxygen atoms in total. The number of hydrogen-bond acceptors (Lipinski definition) is 5. The number of aromatic amines is 1. The number of benzene rings is 1. The number of carbonyl (C=O) groups excluding carboxylic acids is 2. The highest BCUT2D eigenvalue weighted by Gasteiger charge is 2.88. The van der Waals surface area contributed by atoms with Gasteiger partial charge >= 0.3 is 0 Å². The van der Waals surface area contributed by atoms with E-state index in [0.717, 1.165) is 58.4 Å². The molecular weight excluding hydrogens is 406 g/mol. The van der Waals surface area contributed by atoms with Crippen LogP contribution in [0.15, 0.2) is 36.4 Å². The summed E-state index contributed by atoms with van der Waals surface area (Å²) in [5, 5.41) is 9.70. The molecule has 168 valence electrons. The van der Waals surface area contributed by atoms with E-state index in [0.29, 0.717) is 17.0 Å². The molecule has 4 fully saturated rings. The van der Waals surface area contributed by atoms with Crippen molar-refractivity contribution in [2.45, 2.75) is 37.8 Å². The second kappa shape index (κ2) is 6.81. The van der Waals surface area contributed by atoms with E-state index < -0.39 is 0 Å². The van der Waals surface area contributed by atoms with Gasteiger partial charge in [-0.15, -0.1) is 0 Å². The van der Waals surface area contributed by atoms with Crippen LogP contribution in [-0.4, -0.2) is 70.6 Å². The molecule has 1 aromatic carbocycles. The van der Waals surface area contributed by atoms with E-state index >= 15 is 0 Å². The van der Waals surface area contributed by atoms with Crippen LogP contribution in [-0.2, 0) is 11.3 Å². The molecule has 2 aliphatic heterocycles. The predicted molar refractivity (Wildman–Crippen MR) is 117 cm³/mol. The van der Waals surface area contributed by atoms with Crippen LogP contribution in [0.4, 0.5) is 0 Å². The first-order valence-electron chi connectivity index (χ1n) is 11.4. The van der Waals surface area contributed by atoms with Crippen LogP contribution in [0.1, 0.15) is 41.7 Å². The van der Waals surface area contributed by atoms with Crippen LogP contribution < -0.4 is 10.1 Å². The molecule has 0 bridgehead atoms. The van der Waals surface area contributed by atoms with Gasteiger partial charge in [-0.3, -0.25) is 14.5 Å². The Labute approximate surface area is 187 Å². The van der Waals surface area contributed by atoms with Gasteiger partial charge in [0.15, 0.2) is 5.69 Å². The zero-order valence-corrected chi connectivity index (χ0v) is 18.4. The van der Waals surface area contributed by atoms with Gasteiger partial charge in [0.1, 0.15) is 0 Å². The minimum atomic E-state index is -0.369. The first-order chi connectivity index (χ1) is 15.5. The minimum absolute atomic E-state index is 0.229. The summed E-state index contributed by atoms with van der Waals surface area (Å²) < 4.78 is 5.04. The highest BCUT2D eigenvalue weighted by atomic mass is 16.5. The third kappa shape index (κ3) is 3.03. The van der Waals surface area contributed by atoms with Crippen molar-refractivity contribution in [3.8, 4) is 5.88 Å². The molecule has 4 aliphatic rings. The maximum Gasteiger partial charge on any atom is 0.272 e. The number of H-pyrrole nitrogens is 1. The number of amides is 2. The third-order valence-corrected chi connectivity index (χ3v) is 8.12. The highest BCUT2D eigenvalue weighted by Crippen LogP contribution is 2.79. The molecule has 1 aromatic heterocycles. The molecule has 2 aromatic rings. The van der Waals surface area contributed by atoms with Gasteiger partial charge in [-0.2, -0.15) is 5.10 Å². The van der Waals surface area contributed by atoms with Crippen molar-refractivity contribution in [3.63, 3.8) is 0 Å². The number of carbonyl (C=O) groups is 2. The molecule has 2 saturated heterocycles. The van der Waals surface area contributed by atoms with Crippen molar-refractivity contribution < 1.29 is 14.3 Å². The summed E-state index contributed by atoms with van der Waals surface area (Å²) in [6.45, 7) is 4.93. The van der Waals surface area contributed by atoms with Gasteiger partial charge in [0, 0.05) is 38.8 Å². The Kier molecular flexibility index (Phi) is 4.21. The Balaban J connectivity index is 0.995. The standard InChI is InChI=1S/C24H29N5O3/c1-32-19-11-18(26-27-19)20(30)25-24-13-23(24,14-24)21(31)29-9-7-22(8-10-29)15-28(16-22)12-17-5-3-2-4-6-17/h2-6,11H,7-10,12-16H2,1H3,(H,25,30)(H,26,27). The highest BCUT2D eigenvalue weighted by molar-refractivity contribution is 5.99. The molecular formula is C24H29N5O3. The molecule has 2 N–H and O–H groups in total. The zero-order valence-electron chi connectivity index (χ0n) is 18.4. The number of likely N-dealkylation sites (tertiary alicyclic amines) is 2. The van der Waals surface area contributed by atoms with Crippen molar-refractivity contribution >= 4 is 11.8 Å². The second-order valence-electron chi connectivity index (χ2n) is 10.2. The fourth-order valence-electron chi connectivity index (χ4n) is 5.92. The molecule has 2 saturated carbocycles. The number of aromatic nitrogens is 2. The Morgan fingerprint density at radius 3 is 2.53 bits per heavy atom. The van der Waals surface area contributed by atoms with Crippen molar-refractivity contribution in [1.29, 1.82) is 0 Å². The van der Waals surface area contributed by atoms with Crippen molar-refractivity contribution in [2.75, 3.05) is 33.3 Å². The lowest BCUT2D eigenvalue weighted by molar-refractivity contribution is -0.140. The van der Waals surface area contributed by atoms with Gasteiger partial charge in [-0.25, -0.2) is 5.10 Å². The summed E-state index contributed by atoms with van der Waals surface area (Å²) in [5.74, 6) is 0.428. The summed E-state index contributed by atoms with van der Waals surface area (Å²) in [6, 6.07) is 12.2. The Morgan fingerprint density at radius 1 is 1.16 bits per heavy atom. The maximum absolute atomic E-state index is 13.2. The number of piperidine rings is 1. The minimum Gasteiger partial charge on any atom is -0.481 e. The average molecular weight is 436 g/mol. The number of nitrogens with zero attached hydrogens (tertiary/aromatic N) is 3. The van der Waals surface area contributed by atoms with Gasteiger partial charge in [0.25, 0.3) is 5.91 Å². The predicted octanol–water partition coefficient (Wildman–Crippen LogP) is 1.81. The van der Waals surface area contributed by atoms with E-state index in [1.807, 2.05) is 4.90 Å². The van der Waals surface area contributed by atoms with Crippen molar-refractivity contribution in [1.82, 2.24) is 25.3 Å². The summed E-state index contributed by atoms with van der Waals surface area (Å²) in [6.07, 6.45) is 3.65. The molecule has 32 heavy (non-hydrogen) atoms. The van der Waals surface area contributed by atoms with E-state index in [9.17, 15) is 9.59 Å². The van der Waals surface area contributed by atoms with Gasteiger partial charge in [0.2, 0.25) is 11.8 Å². The average Bonchev–Trinajstić information content (AvgIpc) is 3.49. The first kappa shape index (κ1) is 19.8. The zero-order chi connectivity index (χ0) is 22.0. The van der Waals surface area contributed by atoms with E-state index in [-0.39, 0.29) is 22.8 Å². The smallest absolute Gasteiger partial charge is 0.272 e. The van der Waals surface area contributed by atoms with Crippen molar-refractivity contribution in [3.05, 3.63) is 47.7 Å². The summed E-state index contributed by atoms with van der Waals surface area (Å²) >= 11 is 0. The molecule has 2 amide bonds. The Morgan fingerprint density at radius 2 is 1.88 bits per heavy atom. The lowest BCUT2D eigenvalue weighted by Gasteiger charge is -2.54. The van der Waals surface area contributed by atoms with Crippen LogP contribution in [0.3, 0.4) is 0 Å². The van der Waals surface area contributed by atoms with Crippen LogP contribution in [0, 0.1) is 10.8 Å². The topological polar surface area (TPSA) is 90.6 Å². The van der Waals surface area contributed by atoms with Crippen LogP contribution in [0.5, 0.6) is 5.88 Å². The summed E-state index contributed by atoms with van der Waals surface area (Å²) in [4.78, 5) is 30.3. The fourth-order valence-corrected chi connectivity index (χ4v) is 5.92. The largest absolute Gasteiger partial charge is 0.481 e. The van der Waals surface area contributed by atoms with Gasteiger partial charge in [-0.05, 0) is 36.7 Å². The quantitative estimate of drug-likeness (QED) is 0.722. The van der Waals surface area contributed by atoms with E-state index in [1.165, 1.54) is 12.7 Å². The third-order valence-electron chi connectivity index (χ3n) is 8.12. The molecule has 8 heteroatoms. The van der Waals surface area contributed by atoms with E-state index in [1.54, 1.807) is 6.07 Å². The maximum atomic E-state index is 13.2. The molecule has 0 unspecified atom stereocenters. The Bertz CT molecular complexity index is 1040. The van der Waals surface area contributed by atoms with Crippen molar-refractivity contribution in [2.24, 2.45) is 10.8 Å². The normalized spacial score (nSPS) is 29.7. The molecule has 6 rings (SSSR count). The second-order valence-corrected chi connectivity index (χ2v) is 10.2. The van der Waals surface area contributed by atoms with Gasteiger partial charge in [0.05, 0.1) is 18.1 Å². The lowest BCUT2D eigenvalue weighted by Crippen LogP contribution is -2.60. The summed E-state index contributed by atoms with van der Waals surface area (Å²) in [5.41, 5.74) is 1.31. The molecule has 2 aliphatic carbocycles. The lowest BCUT2D eigenvalue weighted by atomic mass is 9.71. The number of rotatable bonds is 6. The first-order valence-corrected chi connectivity index (χ1v) is 11.4. The Hall–Kier alpha value is -2.87. The monoisotopic (exact) mass is 435 g/mol. The fraction of sp³-hybridized carbons (Fsp3) is 0.542. The summed E-state index contributed by atoms with van der Waals surface area (Å²) in [7, 11) is 1.52. The van der Waals surface area contributed by atoms with Crippen LogP contribution in [0.2, 0.25) is 0 Å². The molecule has 0 atom stereocenters.